The maximum absolute atomic E-state index is 12.6. The molecule has 0 bridgehead atoms. The number of nitrogen functional groups attached to an aromatic ring is 1. The average molecular weight is 239 g/mol. The molecule has 0 saturated heterocycles. The van der Waals surface area contributed by atoms with Crippen LogP contribution >= 0.6 is 11.6 Å². The number of hydrogen-bond acceptors (Lipinski definition) is 3. The highest BCUT2D eigenvalue weighted by molar-refractivity contribution is 6.30. The molecule has 0 radical (unpaired) electrons. The number of aromatic nitrogens is 1. The summed E-state index contributed by atoms with van der Waals surface area (Å²) in [5, 5.41) is 0.506. The van der Waals surface area contributed by atoms with Gasteiger partial charge >= 0.3 is 0 Å². The van der Waals surface area contributed by atoms with Crippen molar-refractivity contribution in [1.82, 2.24) is 4.98 Å². The zero-order valence-corrected chi connectivity index (χ0v) is 8.91. The molecule has 0 amide bonds. The van der Waals surface area contributed by atoms with Gasteiger partial charge in [0.05, 0.1) is 11.9 Å². The van der Waals surface area contributed by atoms with E-state index in [0.29, 0.717) is 16.5 Å². The third-order valence-electron chi connectivity index (χ3n) is 1.89. The largest absolute Gasteiger partial charge is 0.437 e. The molecule has 2 rings (SSSR count). The minimum atomic E-state index is -0.425. The number of ether oxygens (including phenoxy) is 1. The number of halogens is 2. The monoisotopic (exact) mass is 238 g/mol. The minimum absolute atomic E-state index is 0.260. The highest BCUT2D eigenvalue weighted by Crippen LogP contribution is 2.29. The van der Waals surface area contributed by atoms with E-state index < -0.39 is 5.82 Å². The highest BCUT2D eigenvalue weighted by atomic mass is 35.5. The normalized spacial score (nSPS) is 10.1. The Labute approximate surface area is 96.6 Å². The number of nitrogens with two attached hydrogens (primary N) is 1. The number of rotatable bonds is 2. The molecule has 0 unspecified atom stereocenters. The first-order valence-electron chi connectivity index (χ1n) is 4.49. The van der Waals surface area contributed by atoms with Gasteiger partial charge in [0.15, 0.2) is 5.75 Å². The first-order valence-corrected chi connectivity index (χ1v) is 4.87. The van der Waals surface area contributed by atoms with Gasteiger partial charge in [0, 0.05) is 17.2 Å². The van der Waals surface area contributed by atoms with Crippen molar-refractivity contribution in [2.75, 3.05) is 5.73 Å². The summed E-state index contributed by atoms with van der Waals surface area (Å²) in [5.41, 5.74) is 6.12. The molecule has 0 atom stereocenters. The van der Waals surface area contributed by atoms with Crippen molar-refractivity contribution in [3.05, 3.63) is 47.4 Å². The molecule has 1 heterocycles. The maximum atomic E-state index is 12.6. The fraction of sp³-hybridized carbons (Fsp3) is 0. The molecule has 1 aromatic heterocycles. The fourth-order valence-corrected chi connectivity index (χ4v) is 1.29. The van der Waals surface area contributed by atoms with Crippen LogP contribution in [-0.4, -0.2) is 4.98 Å². The Bertz CT molecular complexity index is 502. The zero-order chi connectivity index (χ0) is 11.5. The van der Waals surface area contributed by atoms with Crippen LogP contribution in [0.25, 0.3) is 0 Å². The first kappa shape index (κ1) is 10.7. The second kappa shape index (κ2) is 4.37. The van der Waals surface area contributed by atoms with Gasteiger partial charge in [-0.3, -0.25) is 0 Å². The van der Waals surface area contributed by atoms with Crippen LogP contribution in [0.1, 0.15) is 0 Å². The van der Waals surface area contributed by atoms with Gasteiger partial charge in [0.25, 0.3) is 0 Å². The van der Waals surface area contributed by atoms with E-state index in [1.807, 2.05) is 0 Å². The van der Waals surface area contributed by atoms with Gasteiger partial charge in [0.1, 0.15) is 5.82 Å². The minimum Gasteiger partial charge on any atom is -0.437 e. The molecule has 5 heteroatoms. The molecule has 0 fully saturated rings. The molecule has 16 heavy (non-hydrogen) atoms. The lowest BCUT2D eigenvalue weighted by Gasteiger charge is -2.07. The molecule has 0 spiro atoms. The van der Waals surface area contributed by atoms with Crippen molar-refractivity contribution in [3.63, 3.8) is 0 Å². The quantitative estimate of drug-likeness (QED) is 0.817. The van der Waals surface area contributed by atoms with Gasteiger partial charge in [-0.05, 0) is 18.2 Å². The lowest BCUT2D eigenvalue weighted by atomic mass is 10.3. The van der Waals surface area contributed by atoms with Crippen LogP contribution in [0.4, 0.5) is 10.1 Å². The van der Waals surface area contributed by atoms with Crippen LogP contribution in [0.2, 0.25) is 5.02 Å². The number of pyridine rings is 1. The van der Waals surface area contributed by atoms with Gasteiger partial charge in [-0.25, -0.2) is 9.37 Å². The lowest BCUT2D eigenvalue weighted by Crippen LogP contribution is -1.93. The summed E-state index contributed by atoms with van der Waals surface area (Å²) in [6.45, 7) is 0. The molecular weight excluding hydrogens is 231 g/mol. The van der Waals surface area contributed by atoms with Crippen LogP contribution in [0, 0.1) is 5.82 Å². The summed E-state index contributed by atoms with van der Waals surface area (Å²) in [7, 11) is 0. The Morgan fingerprint density at radius 1 is 1.25 bits per heavy atom. The van der Waals surface area contributed by atoms with Gasteiger partial charge in [0.2, 0.25) is 5.88 Å². The van der Waals surface area contributed by atoms with E-state index in [1.165, 1.54) is 12.1 Å². The van der Waals surface area contributed by atoms with Crippen molar-refractivity contribution in [3.8, 4) is 11.6 Å². The average Bonchev–Trinajstić information content (AvgIpc) is 2.27. The Morgan fingerprint density at radius 2 is 2.06 bits per heavy atom. The van der Waals surface area contributed by atoms with Crippen LogP contribution in [0.5, 0.6) is 11.6 Å². The molecule has 0 saturated carbocycles. The molecule has 0 aliphatic rings. The predicted octanol–water partition coefficient (Wildman–Crippen LogP) is 3.25. The van der Waals surface area contributed by atoms with Gasteiger partial charge in [-0.1, -0.05) is 11.6 Å². The van der Waals surface area contributed by atoms with Crippen molar-refractivity contribution in [2.45, 2.75) is 0 Å². The SMILES string of the molecule is Nc1ccc(Cl)cc1Oc1ccc(F)cn1. The van der Waals surface area contributed by atoms with Crippen LogP contribution in [0.15, 0.2) is 36.5 Å². The van der Waals surface area contributed by atoms with E-state index in [9.17, 15) is 4.39 Å². The molecule has 2 aromatic rings. The number of nitrogens with zero attached hydrogens (tertiary/aromatic N) is 1. The van der Waals surface area contributed by atoms with Crippen LogP contribution in [-0.2, 0) is 0 Å². The van der Waals surface area contributed by atoms with Gasteiger partial charge < -0.3 is 10.5 Å². The Kier molecular flexibility index (Phi) is 2.92. The summed E-state index contributed by atoms with van der Waals surface area (Å²) in [5.74, 6) is 0.230. The third-order valence-corrected chi connectivity index (χ3v) is 2.13. The summed E-state index contributed by atoms with van der Waals surface area (Å²) < 4.78 is 18.0. The van der Waals surface area contributed by atoms with Crippen molar-refractivity contribution >= 4 is 17.3 Å². The molecule has 3 nitrogen and oxygen atoms in total. The summed E-state index contributed by atoms with van der Waals surface area (Å²) >= 11 is 5.79. The third kappa shape index (κ3) is 2.41. The number of anilines is 1. The Hall–Kier alpha value is -1.81. The predicted molar refractivity (Wildman–Crippen MR) is 60.1 cm³/mol. The maximum Gasteiger partial charge on any atom is 0.219 e. The Morgan fingerprint density at radius 3 is 2.75 bits per heavy atom. The molecule has 0 aliphatic carbocycles. The summed E-state index contributed by atoms with van der Waals surface area (Å²) in [4.78, 5) is 3.75. The zero-order valence-electron chi connectivity index (χ0n) is 8.15. The lowest BCUT2D eigenvalue weighted by molar-refractivity contribution is 0.461. The molecule has 1 aromatic carbocycles. The van der Waals surface area contributed by atoms with Crippen LogP contribution < -0.4 is 10.5 Å². The molecule has 82 valence electrons. The second-order valence-electron chi connectivity index (χ2n) is 3.10. The fourth-order valence-electron chi connectivity index (χ4n) is 1.13. The van der Waals surface area contributed by atoms with Crippen LogP contribution in [0.3, 0.4) is 0 Å². The van der Waals surface area contributed by atoms with E-state index in [2.05, 4.69) is 4.98 Å². The van der Waals surface area contributed by atoms with E-state index in [4.69, 9.17) is 22.1 Å². The smallest absolute Gasteiger partial charge is 0.219 e. The summed E-state index contributed by atoms with van der Waals surface area (Å²) in [6.07, 6.45) is 1.07. The standard InChI is InChI=1S/C11H8ClFN2O/c12-7-1-3-9(14)10(5-7)16-11-4-2-8(13)6-15-11/h1-6H,14H2. The van der Waals surface area contributed by atoms with E-state index in [1.54, 1.807) is 18.2 Å². The van der Waals surface area contributed by atoms with Gasteiger partial charge in [-0.15, -0.1) is 0 Å². The first-order chi connectivity index (χ1) is 7.65. The topological polar surface area (TPSA) is 48.1 Å². The van der Waals surface area contributed by atoms with Crippen molar-refractivity contribution < 1.29 is 9.13 Å². The van der Waals surface area contributed by atoms with E-state index in [-0.39, 0.29) is 5.88 Å². The molecule has 2 N–H and O–H groups in total. The molecule has 0 aliphatic heterocycles. The number of benzene rings is 1. The van der Waals surface area contributed by atoms with E-state index >= 15 is 0 Å². The Balaban J connectivity index is 2.26. The summed E-state index contributed by atoms with van der Waals surface area (Å²) in [6, 6.07) is 7.52. The second-order valence-corrected chi connectivity index (χ2v) is 3.54. The van der Waals surface area contributed by atoms with Crippen molar-refractivity contribution in [2.24, 2.45) is 0 Å². The molecular formula is C11H8ClFN2O. The van der Waals surface area contributed by atoms with Crippen molar-refractivity contribution in [1.29, 1.82) is 0 Å². The highest BCUT2D eigenvalue weighted by Gasteiger charge is 2.04. The number of hydrogen-bond donors (Lipinski definition) is 1. The van der Waals surface area contributed by atoms with Gasteiger partial charge in [-0.2, -0.15) is 0 Å². The van der Waals surface area contributed by atoms with E-state index in [0.717, 1.165) is 6.20 Å².